The van der Waals surface area contributed by atoms with E-state index in [0.717, 1.165) is 24.3 Å². The summed E-state index contributed by atoms with van der Waals surface area (Å²) >= 11 is 6.40. The van der Waals surface area contributed by atoms with E-state index >= 15 is 0 Å². The van der Waals surface area contributed by atoms with Crippen LogP contribution in [-0.4, -0.2) is 13.5 Å². The summed E-state index contributed by atoms with van der Waals surface area (Å²) in [5, 5.41) is 0.188. The molecule has 0 nitrogen and oxygen atoms in total. The maximum atomic E-state index is 14.2. The van der Waals surface area contributed by atoms with E-state index in [1.54, 1.807) is 0 Å². The highest BCUT2D eigenvalue weighted by atomic mass is 35.6. The second-order valence-electron chi connectivity index (χ2n) is 12.5. The van der Waals surface area contributed by atoms with E-state index in [4.69, 9.17) is 11.1 Å². The fourth-order valence-electron chi connectivity index (χ4n) is 6.01. The molecule has 53 heavy (non-hydrogen) atoms. The van der Waals surface area contributed by atoms with E-state index in [9.17, 15) is 79.0 Å². The predicted molar refractivity (Wildman–Crippen MR) is 163 cm³/mol. The minimum Gasteiger partial charge on any atom is -0.195 e. The Morgan fingerprint density at radius 3 is 0.736 bits per heavy atom. The first-order valence-electron chi connectivity index (χ1n) is 14.5. The molecule has 0 spiro atoms. The van der Waals surface area contributed by atoms with E-state index in [1.165, 1.54) is 13.1 Å². The van der Waals surface area contributed by atoms with Gasteiger partial charge in [0.15, 0.2) is 7.38 Å². The van der Waals surface area contributed by atoms with Gasteiger partial charge in [0.1, 0.15) is 6.15 Å². The summed E-state index contributed by atoms with van der Waals surface area (Å²) in [5.74, 6) is 0. The number of hydrogen-bond acceptors (Lipinski definition) is 0. The van der Waals surface area contributed by atoms with Crippen LogP contribution in [0.4, 0.5) is 79.0 Å². The molecule has 0 saturated heterocycles. The zero-order valence-electron chi connectivity index (χ0n) is 26.3. The molecule has 0 aromatic heterocycles. The van der Waals surface area contributed by atoms with Gasteiger partial charge in [0.25, 0.3) is 0 Å². The zero-order chi connectivity index (χ0) is 40.5. The third kappa shape index (κ3) is 8.78. The molecule has 0 fully saturated rings. The van der Waals surface area contributed by atoms with Crippen molar-refractivity contribution in [3.63, 3.8) is 0 Å². The van der Waals surface area contributed by atoms with E-state index in [-0.39, 0.29) is 41.6 Å². The standard InChI is InChI=1S/C32H19BClF18Si/c1-53(2,34)26-5-3-22(4-6-26)33(23-10-16(27(35,36)37)7-17(11-23)28(38,39)40,24-12-18(29(41,42)43)8-19(13-24)30(44,45)46)25-14-20(31(47,48)49)9-21(15-25)32(50,51)52/h3-15H,1-2H3/q-1. The largest absolute Gasteiger partial charge is 0.416 e. The van der Waals surface area contributed by atoms with Crippen LogP contribution in [0.1, 0.15) is 33.4 Å². The average molecular weight is 820 g/mol. The average Bonchev–Trinajstić information content (AvgIpc) is 2.98. The fourth-order valence-corrected chi connectivity index (χ4v) is 7.35. The molecule has 0 aliphatic carbocycles. The van der Waals surface area contributed by atoms with Gasteiger partial charge in [-0.2, -0.15) is 112 Å². The lowest BCUT2D eigenvalue weighted by Gasteiger charge is -2.46. The molecule has 288 valence electrons. The SMILES string of the molecule is C[Si](C)(Cl)c1ccc([B-](c2cc(C(F)(F)F)cc(C(F)(F)F)c2)(c2cc(C(F)(F)F)cc(C(F)(F)F)c2)c2cc(C(F)(F)F)cc(C(F)(F)F)c2)cc1. The van der Waals surface area contributed by atoms with Crippen molar-refractivity contribution in [3.05, 3.63) is 112 Å². The summed E-state index contributed by atoms with van der Waals surface area (Å²) in [6, 6.07) is 1.00. The Balaban J connectivity index is 2.49. The van der Waals surface area contributed by atoms with E-state index in [2.05, 4.69) is 0 Å². The Labute approximate surface area is 293 Å². The molecule has 0 aliphatic heterocycles. The van der Waals surface area contributed by atoms with E-state index in [1.807, 2.05) is 0 Å². The lowest BCUT2D eigenvalue weighted by Crippen LogP contribution is -2.75. The Hall–Kier alpha value is -3.81. The van der Waals surface area contributed by atoms with Crippen LogP contribution in [0.5, 0.6) is 0 Å². The molecule has 0 aliphatic rings. The molecule has 0 radical (unpaired) electrons. The van der Waals surface area contributed by atoms with Gasteiger partial charge in [-0.1, -0.05) is 73.8 Å². The quantitative estimate of drug-likeness (QED) is 0.107. The molecule has 0 bridgehead atoms. The number of hydrogen-bond donors (Lipinski definition) is 0. The molecule has 0 heterocycles. The maximum absolute atomic E-state index is 14.2. The Morgan fingerprint density at radius 2 is 0.566 bits per heavy atom. The van der Waals surface area contributed by atoms with E-state index in [0.29, 0.717) is 0 Å². The molecule has 4 aromatic rings. The van der Waals surface area contributed by atoms with Gasteiger partial charge in [-0.3, -0.25) is 0 Å². The topological polar surface area (TPSA) is 0 Å². The van der Waals surface area contributed by atoms with E-state index < -0.39 is 124 Å². The summed E-state index contributed by atoms with van der Waals surface area (Å²) in [6.45, 7) is 2.96. The van der Waals surface area contributed by atoms with Crippen LogP contribution in [0, 0.1) is 0 Å². The van der Waals surface area contributed by atoms with Crippen LogP contribution in [0.3, 0.4) is 0 Å². The van der Waals surface area contributed by atoms with Crippen molar-refractivity contribution in [3.8, 4) is 0 Å². The number of halogens is 19. The van der Waals surface area contributed by atoms with Crippen LogP contribution in [0.15, 0.2) is 78.9 Å². The number of rotatable bonds is 5. The van der Waals surface area contributed by atoms with Crippen LogP contribution < -0.4 is 27.0 Å². The van der Waals surface area contributed by atoms with Gasteiger partial charge in [-0.05, 0) is 23.4 Å². The smallest absolute Gasteiger partial charge is 0.195 e. The normalized spacial score (nSPS) is 14.1. The Morgan fingerprint density at radius 1 is 0.358 bits per heavy atom. The first kappa shape index (κ1) is 41.9. The van der Waals surface area contributed by atoms with Crippen molar-refractivity contribution in [1.29, 1.82) is 0 Å². The number of benzene rings is 4. The molecule has 0 atom stereocenters. The molecule has 0 N–H and O–H groups in total. The highest BCUT2D eigenvalue weighted by molar-refractivity contribution is 7.26. The summed E-state index contributed by atoms with van der Waals surface area (Å²) in [4.78, 5) is 0. The number of alkyl halides is 18. The van der Waals surface area contributed by atoms with Crippen molar-refractivity contribution in [1.82, 2.24) is 0 Å². The van der Waals surface area contributed by atoms with Crippen LogP contribution >= 0.6 is 11.1 Å². The molecule has 21 heteroatoms. The zero-order valence-corrected chi connectivity index (χ0v) is 28.0. The Bertz CT molecular complexity index is 1700. The van der Waals surface area contributed by atoms with Crippen molar-refractivity contribution in [2.45, 2.75) is 50.2 Å². The third-order valence-corrected chi connectivity index (χ3v) is 10.8. The first-order chi connectivity index (χ1) is 23.7. The summed E-state index contributed by atoms with van der Waals surface area (Å²) in [7, 11) is -2.97. The van der Waals surface area contributed by atoms with Gasteiger partial charge in [0.05, 0.1) is 33.4 Å². The van der Waals surface area contributed by atoms with Crippen molar-refractivity contribution < 1.29 is 79.0 Å². The maximum Gasteiger partial charge on any atom is 0.416 e. The van der Waals surface area contributed by atoms with Crippen molar-refractivity contribution >= 4 is 51.6 Å². The molecule has 0 unspecified atom stereocenters. The van der Waals surface area contributed by atoms with Crippen LogP contribution in [-0.2, 0) is 37.1 Å². The van der Waals surface area contributed by atoms with Gasteiger partial charge in [-0.25, -0.2) is 0 Å². The third-order valence-electron chi connectivity index (χ3n) is 8.43. The molecule has 0 saturated carbocycles. The minimum absolute atomic E-state index is 0.176. The highest BCUT2D eigenvalue weighted by Crippen LogP contribution is 2.39. The molecular formula is C32H19BClF18Si-. The molecule has 4 aromatic carbocycles. The Kier molecular flexibility index (Phi) is 10.4. The predicted octanol–water partition coefficient (Wildman–Crippen LogP) is 9.83. The minimum atomic E-state index is -5.76. The fraction of sp³-hybridized carbons (Fsp3) is 0.250. The van der Waals surface area contributed by atoms with Gasteiger partial charge in [0, 0.05) is 0 Å². The molecule has 0 amide bonds. The summed E-state index contributed by atoms with van der Waals surface area (Å²) < 4.78 is 256. The second-order valence-corrected chi connectivity index (χ2v) is 18.8. The summed E-state index contributed by atoms with van der Waals surface area (Å²) in [6.07, 6.45) is -39.3. The first-order valence-corrected chi connectivity index (χ1v) is 18.5. The molecular weight excluding hydrogens is 801 g/mol. The molecule has 4 rings (SSSR count). The van der Waals surface area contributed by atoms with Crippen LogP contribution in [0.2, 0.25) is 13.1 Å². The van der Waals surface area contributed by atoms with Gasteiger partial charge in [0.2, 0.25) is 0 Å². The monoisotopic (exact) mass is 819 g/mol. The van der Waals surface area contributed by atoms with Gasteiger partial charge >= 0.3 is 37.1 Å². The lowest BCUT2D eigenvalue weighted by atomic mass is 9.12. The van der Waals surface area contributed by atoms with Crippen LogP contribution in [0.25, 0.3) is 0 Å². The highest BCUT2D eigenvalue weighted by Gasteiger charge is 2.45. The van der Waals surface area contributed by atoms with Crippen molar-refractivity contribution in [2.75, 3.05) is 0 Å². The van der Waals surface area contributed by atoms with Gasteiger partial charge < -0.3 is 0 Å². The van der Waals surface area contributed by atoms with Gasteiger partial charge in [-0.15, -0.1) is 0 Å². The second kappa shape index (κ2) is 13.2. The van der Waals surface area contributed by atoms with Crippen molar-refractivity contribution in [2.24, 2.45) is 0 Å². The summed E-state index contributed by atoms with van der Waals surface area (Å²) in [5.41, 5.74) is -18.8. The lowest BCUT2D eigenvalue weighted by molar-refractivity contribution is -0.144.